The summed E-state index contributed by atoms with van der Waals surface area (Å²) >= 11 is 7.28. The number of hydrogen-bond donors (Lipinski definition) is 0. The summed E-state index contributed by atoms with van der Waals surface area (Å²) in [7, 11) is 0. The van der Waals surface area contributed by atoms with E-state index >= 15 is 0 Å². The maximum atomic E-state index is 14.4. The van der Waals surface area contributed by atoms with Crippen LogP contribution in [0.15, 0.2) is 11.4 Å². The van der Waals surface area contributed by atoms with Gasteiger partial charge in [0.15, 0.2) is 21.9 Å². The fourth-order valence-corrected chi connectivity index (χ4v) is 3.14. The van der Waals surface area contributed by atoms with Gasteiger partial charge in [-0.05, 0) is 33.4 Å². The third-order valence-electron chi connectivity index (χ3n) is 3.66. The van der Waals surface area contributed by atoms with Crippen molar-refractivity contribution in [2.75, 3.05) is 24.4 Å². The van der Waals surface area contributed by atoms with Crippen molar-refractivity contribution < 1.29 is 13.9 Å². The number of rotatable bonds is 2. The molecular weight excluding hydrogens is 381 g/mol. The molecule has 0 atom stereocenters. The predicted octanol–water partition coefficient (Wildman–Crippen LogP) is 3.90. The Morgan fingerprint density at radius 1 is 1.35 bits per heavy atom. The van der Waals surface area contributed by atoms with Crippen LogP contribution in [0, 0.1) is 5.82 Å². The number of hydrazine groups is 1. The Balaban J connectivity index is 2.06. The van der Waals surface area contributed by atoms with E-state index in [0.29, 0.717) is 29.5 Å². The molecule has 0 bridgehead atoms. The summed E-state index contributed by atoms with van der Waals surface area (Å²) < 4.78 is 19.9. The Hall–Kier alpha value is -1.87. The number of fused-ring (bicyclic) bond motifs is 1. The van der Waals surface area contributed by atoms with Gasteiger partial charge in [-0.3, -0.25) is 5.01 Å². The third-order valence-corrected chi connectivity index (χ3v) is 4.48. The molecule has 7 nitrogen and oxygen atoms in total. The second-order valence-electron chi connectivity index (χ2n) is 6.74. The van der Waals surface area contributed by atoms with Crippen molar-refractivity contribution in [3.8, 4) is 0 Å². The van der Waals surface area contributed by atoms with E-state index < -0.39 is 17.5 Å². The Kier molecular flexibility index (Phi) is 5.12. The Labute approximate surface area is 159 Å². The summed E-state index contributed by atoms with van der Waals surface area (Å²) in [6.07, 6.45) is 3.53. The predicted molar refractivity (Wildman–Crippen MR) is 99.0 cm³/mol. The molecule has 1 fully saturated rings. The number of aromatic nitrogens is 3. The second kappa shape index (κ2) is 7.03. The standard InChI is InChI=1S/C16H19ClFN5O2S/c1-16(2,3)25-15(24)23-7-5-6-22(23)13-9-8-19-14(26-4)20-11(9)10(18)12(17)21-13/h8H,5-7H2,1-4H3. The van der Waals surface area contributed by atoms with Crippen molar-refractivity contribution in [1.82, 2.24) is 20.0 Å². The van der Waals surface area contributed by atoms with Crippen LogP contribution in [0.4, 0.5) is 15.0 Å². The van der Waals surface area contributed by atoms with Crippen LogP contribution in [0.25, 0.3) is 10.9 Å². The number of hydrogen-bond acceptors (Lipinski definition) is 7. The minimum Gasteiger partial charge on any atom is -0.442 e. The molecule has 0 saturated carbocycles. The number of nitrogens with zero attached hydrogens (tertiary/aromatic N) is 5. The molecular formula is C16H19ClFN5O2S. The first-order valence-electron chi connectivity index (χ1n) is 8.05. The van der Waals surface area contributed by atoms with Gasteiger partial charge in [0, 0.05) is 19.3 Å². The highest BCUT2D eigenvalue weighted by Crippen LogP contribution is 2.33. The highest BCUT2D eigenvalue weighted by atomic mass is 35.5. The summed E-state index contributed by atoms with van der Waals surface area (Å²) in [4.78, 5) is 25.1. The molecule has 0 spiro atoms. The van der Waals surface area contributed by atoms with Gasteiger partial charge in [-0.15, -0.1) is 0 Å². The van der Waals surface area contributed by atoms with E-state index in [9.17, 15) is 9.18 Å². The lowest BCUT2D eigenvalue weighted by molar-refractivity contribution is 0.0273. The summed E-state index contributed by atoms with van der Waals surface area (Å²) in [5.74, 6) is -0.367. The van der Waals surface area contributed by atoms with Gasteiger partial charge in [0.2, 0.25) is 0 Å². The van der Waals surface area contributed by atoms with Gasteiger partial charge in [0.1, 0.15) is 11.1 Å². The Morgan fingerprint density at radius 3 is 2.73 bits per heavy atom. The van der Waals surface area contributed by atoms with Crippen LogP contribution in [-0.2, 0) is 4.74 Å². The number of halogens is 2. The topological polar surface area (TPSA) is 71.5 Å². The lowest BCUT2D eigenvalue weighted by Crippen LogP contribution is -2.44. The smallest absolute Gasteiger partial charge is 0.429 e. The zero-order valence-corrected chi connectivity index (χ0v) is 16.5. The first kappa shape index (κ1) is 18.9. The average molecular weight is 400 g/mol. The maximum Gasteiger partial charge on any atom is 0.429 e. The molecule has 3 heterocycles. The molecule has 1 saturated heterocycles. The molecule has 0 N–H and O–H groups in total. The molecule has 0 aliphatic carbocycles. The average Bonchev–Trinajstić information content (AvgIpc) is 3.06. The van der Waals surface area contributed by atoms with Crippen LogP contribution in [0.5, 0.6) is 0 Å². The maximum absolute atomic E-state index is 14.4. The summed E-state index contributed by atoms with van der Waals surface area (Å²) in [6, 6.07) is 0. The van der Waals surface area contributed by atoms with E-state index in [2.05, 4.69) is 15.0 Å². The summed E-state index contributed by atoms with van der Waals surface area (Å²) in [5.41, 5.74) is -0.548. The molecule has 1 aliphatic rings. The normalized spacial score (nSPS) is 15.0. The Morgan fingerprint density at radius 2 is 2.08 bits per heavy atom. The summed E-state index contributed by atoms with van der Waals surface area (Å²) in [6.45, 7) is 6.38. The van der Waals surface area contributed by atoms with Gasteiger partial charge in [-0.1, -0.05) is 23.4 Å². The second-order valence-corrected chi connectivity index (χ2v) is 7.87. The van der Waals surface area contributed by atoms with E-state index in [1.54, 1.807) is 32.0 Å². The highest BCUT2D eigenvalue weighted by molar-refractivity contribution is 7.98. The number of carbonyl (C=O) groups is 1. The van der Waals surface area contributed by atoms with Crippen molar-refractivity contribution in [1.29, 1.82) is 0 Å². The highest BCUT2D eigenvalue weighted by Gasteiger charge is 2.33. The first-order valence-corrected chi connectivity index (χ1v) is 9.65. The monoisotopic (exact) mass is 399 g/mol. The van der Waals surface area contributed by atoms with Crippen molar-refractivity contribution in [3.63, 3.8) is 0 Å². The van der Waals surface area contributed by atoms with Crippen LogP contribution in [-0.4, -0.2) is 51.0 Å². The molecule has 2 aromatic heterocycles. The fraction of sp³-hybridized carbons (Fsp3) is 0.500. The Bertz CT molecular complexity index is 861. The van der Waals surface area contributed by atoms with Gasteiger partial charge in [0.25, 0.3) is 0 Å². The molecule has 1 aliphatic heterocycles. The van der Waals surface area contributed by atoms with Gasteiger partial charge >= 0.3 is 6.09 Å². The van der Waals surface area contributed by atoms with Gasteiger partial charge in [0.05, 0.1) is 5.39 Å². The van der Waals surface area contributed by atoms with Crippen LogP contribution in [0.1, 0.15) is 27.2 Å². The minimum atomic E-state index is -0.703. The van der Waals surface area contributed by atoms with E-state index in [1.807, 2.05) is 0 Å². The molecule has 0 radical (unpaired) electrons. The van der Waals surface area contributed by atoms with Crippen LogP contribution in [0.3, 0.4) is 0 Å². The molecule has 26 heavy (non-hydrogen) atoms. The van der Waals surface area contributed by atoms with E-state index in [4.69, 9.17) is 16.3 Å². The van der Waals surface area contributed by atoms with E-state index in [0.717, 1.165) is 6.42 Å². The zero-order valence-electron chi connectivity index (χ0n) is 14.9. The molecule has 140 valence electrons. The SMILES string of the molecule is CSc1ncc2c(N3CCCN3C(=O)OC(C)(C)C)nc(Cl)c(F)c2n1. The third kappa shape index (κ3) is 3.64. The summed E-state index contributed by atoms with van der Waals surface area (Å²) in [5, 5.41) is 3.61. The van der Waals surface area contributed by atoms with Gasteiger partial charge < -0.3 is 4.74 Å². The van der Waals surface area contributed by atoms with Gasteiger partial charge in [-0.2, -0.15) is 0 Å². The molecule has 3 rings (SSSR count). The van der Waals surface area contributed by atoms with Crippen LogP contribution >= 0.6 is 23.4 Å². The first-order chi connectivity index (χ1) is 12.2. The number of thioether (sulfide) groups is 1. The fourth-order valence-electron chi connectivity index (χ4n) is 2.63. The van der Waals surface area contributed by atoms with E-state index in [1.165, 1.54) is 23.0 Å². The number of anilines is 1. The molecule has 2 aromatic rings. The van der Waals surface area contributed by atoms with Gasteiger partial charge in [-0.25, -0.2) is 29.1 Å². The quantitative estimate of drug-likeness (QED) is 0.430. The number of amides is 1. The molecule has 1 amide bonds. The number of pyridine rings is 1. The van der Waals surface area contributed by atoms with Crippen molar-refractivity contribution in [2.24, 2.45) is 0 Å². The van der Waals surface area contributed by atoms with Crippen LogP contribution < -0.4 is 5.01 Å². The minimum absolute atomic E-state index is 0.0791. The van der Waals surface area contributed by atoms with Crippen molar-refractivity contribution in [3.05, 3.63) is 17.2 Å². The molecule has 10 heteroatoms. The largest absolute Gasteiger partial charge is 0.442 e. The number of ether oxygens (including phenoxy) is 1. The molecule has 0 aromatic carbocycles. The van der Waals surface area contributed by atoms with Crippen LogP contribution in [0.2, 0.25) is 5.15 Å². The van der Waals surface area contributed by atoms with Crippen molar-refractivity contribution in [2.45, 2.75) is 37.9 Å². The van der Waals surface area contributed by atoms with Crippen molar-refractivity contribution >= 4 is 46.2 Å². The van der Waals surface area contributed by atoms with E-state index in [-0.39, 0.29) is 10.7 Å². The molecule has 0 unspecified atom stereocenters. The lowest BCUT2D eigenvalue weighted by atomic mass is 10.2. The zero-order chi connectivity index (χ0) is 19.1. The lowest BCUT2D eigenvalue weighted by Gasteiger charge is -2.31. The number of carbonyl (C=O) groups excluding carboxylic acids is 1.